The largest absolute Gasteiger partial charge is 0.379 e. The molecule has 29 heavy (non-hydrogen) atoms. The van der Waals surface area contributed by atoms with Crippen molar-refractivity contribution in [1.29, 1.82) is 0 Å². The molecular formula is C20H26N2O5S2. The highest BCUT2D eigenvalue weighted by atomic mass is 32.2. The summed E-state index contributed by atoms with van der Waals surface area (Å²) in [6, 6.07) is 12.5. The monoisotopic (exact) mass is 438 g/mol. The zero-order valence-electron chi connectivity index (χ0n) is 16.8. The van der Waals surface area contributed by atoms with Crippen LogP contribution in [-0.4, -0.2) is 47.4 Å². The molecule has 2 aromatic carbocycles. The second kappa shape index (κ2) is 8.06. The standard InChI is InChI=1S/C20H26N2O5S2/c1-20(2,3)16-7-9-18(10-8-16)28(23,24)21-17-5-4-6-19(15-17)29(25,26)22-11-13-27-14-12-22/h4-10,15,21H,11-14H2,1-3H3. The van der Waals surface area contributed by atoms with E-state index in [1.165, 1.54) is 28.6 Å². The Balaban J connectivity index is 1.84. The minimum absolute atomic E-state index is 0.0441. The molecule has 0 aromatic heterocycles. The first-order valence-corrected chi connectivity index (χ1v) is 12.2. The zero-order valence-corrected chi connectivity index (χ0v) is 18.4. The smallest absolute Gasteiger partial charge is 0.261 e. The predicted molar refractivity (Wildman–Crippen MR) is 112 cm³/mol. The predicted octanol–water partition coefficient (Wildman–Crippen LogP) is 2.81. The number of nitrogens with zero attached hydrogens (tertiary/aromatic N) is 1. The Kier molecular flexibility index (Phi) is 6.05. The summed E-state index contributed by atoms with van der Waals surface area (Å²) in [5.74, 6) is 0. The van der Waals surface area contributed by atoms with Crippen LogP contribution in [0.3, 0.4) is 0 Å². The highest BCUT2D eigenvalue weighted by Gasteiger charge is 2.27. The van der Waals surface area contributed by atoms with Crippen molar-refractivity contribution in [2.75, 3.05) is 31.0 Å². The molecule has 1 aliphatic heterocycles. The maximum atomic E-state index is 12.8. The van der Waals surface area contributed by atoms with E-state index in [9.17, 15) is 16.8 Å². The average molecular weight is 439 g/mol. The third-order valence-electron chi connectivity index (χ3n) is 4.72. The van der Waals surface area contributed by atoms with E-state index in [-0.39, 0.29) is 34.0 Å². The van der Waals surface area contributed by atoms with Crippen LogP contribution in [0.2, 0.25) is 0 Å². The molecule has 1 aliphatic rings. The first kappa shape index (κ1) is 21.8. The van der Waals surface area contributed by atoms with Gasteiger partial charge in [0.2, 0.25) is 10.0 Å². The Morgan fingerprint density at radius 3 is 2.10 bits per heavy atom. The van der Waals surface area contributed by atoms with Gasteiger partial charge < -0.3 is 4.74 Å². The Bertz CT molecular complexity index is 1070. The highest BCUT2D eigenvalue weighted by molar-refractivity contribution is 7.92. The zero-order chi connectivity index (χ0) is 21.3. The fourth-order valence-electron chi connectivity index (χ4n) is 3.00. The van der Waals surface area contributed by atoms with Gasteiger partial charge in [-0.25, -0.2) is 16.8 Å². The number of benzene rings is 2. The van der Waals surface area contributed by atoms with Crippen LogP contribution in [0.1, 0.15) is 26.3 Å². The number of hydrogen-bond acceptors (Lipinski definition) is 5. The van der Waals surface area contributed by atoms with Crippen molar-refractivity contribution >= 4 is 25.7 Å². The lowest BCUT2D eigenvalue weighted by atomic mass is 9.87. The number of anilines is 1. The molecule has 0 saturated carbocycles. The summed E-state index contributed by atoms with van der Waals surface area (Å²) in [7, 11) is -7.55. The van der Waals surface area contributed by atoms with Crippen LogP contribution in [0.5, 0.6) is 0 Å². The minimum Gasteiger partial charge on any atom is -0.379 e. The van der Waals surface area contributed by atoms with E-state index in [2.05, 4.69) is 25.5 Å². The quantitative estimate of drug-likeness (QED) is 0.775. The van der Waals surface area contributed by atoms with Crippen LogP contribution in [0.4, 0.5) is 5.69 Å². The fraction of sp³-hybridized carbons (Fsp3) is 0.400. The van der Waals surface area contributed by atoms with Crippen molar-refractivity contribution < 1.29 is 21.6 Å². The molecule has 0 unspecified atom stereocenters. The van der Waals surface area contributed by atoms with Crippen LogP contribution >= 0.6 is 0 Å². The Labute approximate surface area is 172 Å². The maximum absolute atomic E-state index is 12.8. The third kappa shape index (κ3) is 4.98. The molecule has 0 radical (unpaired) electrons. The van der Waals surface area contributed by atoms with Crippen molar-refractivity contribution in [3.63, 3.8) is 0 Å². The molecule has 158 valence electrons. The molecule has 1 fully saturated rings. The summed E-state index contributed by atoms with van der Waals surface area (Å²) in [6.45, 7) is 7.39. The van der Waals surface area contributed by atoms with Crippen LogP contribution in [0.15, 0.2) is 58.3 Å². The van der Waals surface area contributed by atoms with Gasteiger partial charge in [0.15, 0.2) is 0 Å². The Hall–Kier alpha value is -1.94. The van der Waals surface area contributed by atoms with Gasteiger partial charge in [0.05, 0.1) is 28.7 Å². The van der Waals surface area contributed by atoms with Crippen LogP contribution < -0.4 is 4.72 Å². The average Bonchev–Trinajstić information content (AvgIpc) is 2.68. The third-order valence-corrected chi connectivity index (χ3v) is 8.02. The molecule has 9 heteroatoms. The van der Waals surface area contributed by atoms with E-state index >= 15 is 0 Å². The van der Waals surface area contributed by atoms with E-state index in [0.29, 0.717) is 13.2 Å². The van der Waals surface area contributed by atoms with Gasteiger partial charge in [0.25, 0.3) is 10.0 Å². The molecule has 7 nitrogen and oxygen atoms in total. The summed E-state index contributed by atoms with van der Waals surface area (Å²) in [5, 5.41) is 0. The van der Waals surface area contributed by atoms with Crippen LogP contribution in [0.25, 0.3) is 0 Å². The van der Waals surface area contributed by atoms with E-state index in [1.54, 1.807) is 24.3 Å². The van der Waals surface area contributed by atoms with E-state index < -0.39 is 20.0 Å². The van der Waals surface area contributed by atoms with Crippen LogP contribution in [-0.2, 0) is 30.2 Å². The van der Waals surface area contributed by atoms with Gasteiger partial charge in [-0.2, -0.15) is 4.31 Å². The highest BCUT2D eigenvalue weighted by Crippen LogP contribution is 2.25. The normalized spacial score (nSPS) is 16.5. The minimum atomic E-state index is -3.84. The number of hydrogen-bond donors (Lipinski definition) is 1. The Morgan fingerprint density at radius 1 is 0.897 bits per heavy atom. The first-order chi connectivity index (χ1) is 13.5. The number of sulfonamides is 2. The second-order valence-electron chi connectivity index (χ2n) is 7.92. The van der Waals surface area contributed by atoms with Crippen molar-refractivity contribution in [2.45, 2.75) is 36.0 Å². The van der Waals surface area contributed by atoms with E-state index in [1.807, 2.05) is 0 Å². The summed E-state index contributed by atoms with van der Waals surface area (Å²) in [6.07, 6.45) is 0. The van der Waals surface area contributed by atoms with Crippen molar-refractivity contribution in [3.05, 3.63) is 54.1 Å². The van der Waals surface area contributed by atoms with Crippen molar-refractivity contribution in [2.24, 2.45) is 0 Å². The van der Waals surface area contributed by atoms with Gasteiger partial charge in [-0.3, -0.25) is 4.72 Å². The molecule has 1 heterocycles. The van der Waals surface area contributed by atoms with Gasteiger partial charge >= 0.3 is 0 Å². The molecule has 0 atom stereocenters. The summed E-state index contributed by atoms with van der Waals surface area (Å²) >= 11 is 0. The van der Waals surface area contributed by atoms with Gasteiger partial charge in [-0.15, -0.1) is 0 Å². The van der Waals surface area contributed by atoms with Gasteiger partial charge in [-0.05, 0) is 41.3 Å². The number of morpholine rings is 1. The van der Waals surface area contributed by atoms with Gasteiger partial charge in [0.1, 0.15) is 0 Å². The van der Waals surface area contributed by atoms with Gasteiger partial charge in [-0.1, -0.05) is 39.0 Å². The maximum Gasteiger partial charge on any atom is 0.261 e. The first-order valence-electron chi connectivity index (χ1n) is 9.31. The number of rotatable bonds is 5. The van der Waals surface area contributed by atoms with Gasteiger partial charge in [0, 0.05) is 13.1 Å². The summed E-state index contributed by atoms with van der Waals surface area (Å²) in [4.78, 5) is 0.162. The molecule has 0 bridgehead atoms. The number of nitrogens with one attached hydrogen (secondary N) is 1. The topological polar surface area (TPSA) is 92.8 Å². The molecule has 3 rings (SSSR count). The fourth-order valence-corrected chi connectivity index (χ4v) is 5.51. The number of ether oxygens (including phenoxy) is 1. The van der Waals surface area contributed by atoms with E-state index in [4.69, 9.17) is 4.74 Å². The SMILES string of the molecule is CC(C)(C)c1ccc(S(=O)(=O)Nc2cccc(S(=O)(=O)N3CCOCC3)c2)cc1. The lowest BCUT2D eigenvalue weighted by Crippen LogP contribution is -2.40. The summed E-state index contributed by atoms with van der Waals surface area (Å²) in [5.41, 5.74) is 1.13. The molecule has 0 aliphatic carbocycles. The molecular weight excluding hydrogens is 412 g/mol. The molecule has 2 aromatic rings. The molecule has 1 saturated heterocycles. The van der Waals surface area contributed by atoms with Crippen LogP contribution in [0, 0.1) is 0 Å². The summed E-state index contributed by atoms with van der Waals surface area (Å²) < 4.78 is 60.1. The molecule has 0 amide bonds. The molecule has 0 spiro atoms. The molecule has 1 N–H and O–H groups in total. The van der Waals surface area contributed by atoms with E-state index in [0.717, 1.165) is 5.56 Å². The lowest BCUT2D eigenvalue weighted by molar-refractivity contribution is 0.0730. The lowest BCUT2D eigenvalue weighted by Gasteiger charge is -2.26. The second-order valence-corrected chi connectivity index (χ2v) is 11.5. The van der Waals surface area contributed by atoms with Crippen molar-refractivity contribution in [1.82, 2.24) is 4.31 Å². The Morgan fingerprint density at radius 2 is 1.52 bits per heavy atom. The van der Waals surface area contributed by atoms with Crippen molar-refractivity contribution in [3.8, 4) is 0 Å².